The molecule has 0 bridgehead atoms. The van der Waals surface area contributed by atoms with E-state index in [1.54, 1.807) is 6.92 Å². The Labute approximate surface area is 85.1 Å². The molecule has 0 spiro atoms. The molecule has 0 aliphatic heterocycles. The number of hydrogen-bond donors (Lipinski definition) is 3. The van der Waals surface area contributed by atoms with Crippen LogP contribution in [0.3, 0.4) is 0 Å². The van der Waals surface area contributed by atoms with Crippen LogP contribution in [0.4, 0.5) is 0 Å². The number of hydrogen-bond acceptors (Lipinski definition) is 3. The predicted octanol–water partition coefficient (Wildman–Crippen LogP) is 1.52. The SMILES string of the molecule is CCC(C(C)(C)S)C(C)(N)C(=O)O. The van der Waals surface area contributed by atoms with Gasteiger partial charge in [0, 0.05) is 10.7 Å². The number of nitrogens with two attached hydrogens (primary N) is 1. The van der Waals surface area contributed by atoms with Crippen LogP contribution >= 0.6 is 12.6 Å². The zero-order valence-corrected chi connectivity index (χ0v) is 9.56. The topological polar surface area (TPSA) is 63.3 Å². The normalized spacial score (nSPS) is 19.2. The summed E-state index contributed by atoms with van der Waals surface area (Å²) in [6.45, 7) is 7.24. The summed E-state index contributed by atoms with van der Waals surface area (Å²) in [6, 6.07) is 0. The molecule has 0 aliphatic carbocycles. The summed E-state index contributed by atoms with van der Waals surface area (Å²) >= 11 is 4.37. The summed E-state index contributed by atoms with van der Waals surface area (Å²) in [5.41, 5.74) is 4.54. The third-order valence-electron chi connectivity index (χ3n) is 2.45. The Morgan fingerprint density at radius 2 is 1.92 bits per heavy atom. The van der Waals surface area contributed by atoms with Crippen LogP contribution in [0, 0.1) is 5.92 Å². The first-order valence-electron chi connectivity index (χ1n) is 4.38. The molecule has 0 rings (SSSR count). The fourth-order valence-electron chi connectivity index (χ4n) is 1.81. The Morgan fingerprint density at radius 1 is 1.54 bits per heavy atom. The Balaban J connectivity index is 4.88. The van der Waals surface area contributed by atoms with Crippen LogP contribution in [0.2, 0.25) is 0 Å². The molecule has 2 unspecified atom stereocenters. The van der Waals surface area contributed by atoms with Crippen molar-refractivity contribution in [3.05, 3.63) is 0 Å². The molecular weight excluding hydrogens is 186 g/mol. The van der Waals surface area contributed by atoms with Crippen molar-refractivity contribution in [1.29, 1.82) is 0 Å². The molecule has 0 aromatic heterocycles. The van der Waals surface area contributed by atoms with Crippen LogP contribution in [0.1, 0.15) is 34.1 Å². The van der Waals surface area contributed by atoms with Crippen molar-refractivity contribution >= 4 is 18.6 Å². The maximum atomic E-state index is 10.9. The van der Waals surface area contributed by atoms with Gasteiger partial charge in [0.2, 0.25) is 0 Å². The van der Waals surface area contributed by atoms with Crippen molar-refractivity contribution in [3.8, 4) is 0 Å². The Morgan fingerprint density at radius 3 is 2.00 bits per heavy atom. The quantitative estimate of drug-likeness (QED) is 0.610. The highest BCUT2D eigenvalue weighted by atomic mass is 32.1. The van der Waals surface area contributed by atoms with Gasteiger partial charge in [0.1, 0.15) is 5.54 Å². The molecule has 3 nitrogen and oxygen atoms in total. The molecule has 0 radical (unpaired) electrons. The van der Waals surface area contributed by atoms with E-state index < -0.39 is 11.5 Å². The molecule has 0 heterocycles. The average molecular weight is 205 g/mol. The Kier molecular flexibility index (Phi) is 3.82. The summed E-state index contributed by atoms with van der Waals surface area (Å²) < 4.78 is -0.378. The molecule has 4 heteroatoms. The fourth-order valence-corrected chi connectivity index (χ4v) is 2.26. The second-order valence-electron chi connectivity index (χ2n) is 4.20. The van der Waals surface area contributed by atoms with E-state index in [0.717, 1.165) is 0 Å². The minimum atomic E-state index is -1.21. The molecule has 13 heavy (non-hydrogen) atoms. The molecule has 3 N–H and O–H groups in total. The van der Waals surface area contributed by atoms with Crippen molar-refractivity contribution in [2.45, 2.75) is 44.4 Å². The van der Waals surface area contributed by atoms with Crippen molar-refractivity contribution in [3.63, 3.8) is 0 Å². The lowest BCUT2D eigenvalue weighted by Gasteiger charge is -2.38. The molecule has 0 fully saturated rings. The van der Waals surface area contributed by atoms with Gasteiger partial charge >= 0.3 is 5.97 Å². The lowest BCUT2D eigenvalue weighted by Crippen LogP contribution is -2.56. The van der Waals surface area contributed by atoms with E-state index in [9.17, 15) is 4.79 Å². The van der Waals surface area contributed by atoms with Gasteiger partial charge in [0.25, 0.3) is 0 Å². The number of carboxylic acid groups (broad SMARTS) is 1. The highest BCUT2D eigenvalue weighted by molar-refractivity contribution is 7.81. The Bertz CT molecular complexity index is 196. The van der Waals surface area contributed by atoms with Crippen molar-refractivity contribution in [1.82, 2.24) is 0 Å². The van der Waals surface area contributed by atoms with Gasteiger partial charge in [-0.3, -0.25) is 4.79 Å². The Hall–Kier alpha value is -0.220. The lowest BCUT2D eigenvalue weighted by molar-refractivity contribution is -0.145. The van der Waals surface area contributed by atoms with Crippen molar-refractivity contribution < 1.29 is 9.90 Å². The number of carbonyl (C=O) groups is 1. The zero-order valence-electron chi connectivity index (χ0n) is 8.66. The minimum absolute atomic E-state index is 0.152. The van der Waals surface area contributed by atoms with Gasteiger partial charge in [-0.05, 0) is 13.3 Å². The summed E-state index contributed by atoms with van der Waals surface area (Å²) in [7, 11) is 0. The summed E-state index contributed by atoms with van der Waals surface area (Å²) in [6.07, 6.45) is 0.704. The molecular formula is C9H19NO2S. The van der Waals surface area contributed by atoms with Crippen LogP contribution < -0.4 is 5.73 Å². The maximum absolute atomic E-state index is 10.9. The monoisotopic (exact) mass is 205 g/mol. The maximum Gasteiger partial charge on any atom is 0.323 e. The van der Waals surface area contributed by atoms with Gasteiger partial charge in [0.05, 0.1) is 0 Å². The molecule has 0 saturated carbocycles. The summed E-state index contributed by atoms with van der Waals surface area (Å²) in [4.78, 5) is 10.9. The van der Waals surface area contributed by atoms with Gasteiger partial charge in [-0.25, -0.2) is 0 Å². The molecule has 0 saturated heterocycles. The minimum Gasteiger partial charge on any atom is -0.480 e. The first kappa shape index (κ1) is 12.8. The summed E-state index contributed by atoms with van der Waals surface area (Å²) in [5, 5.41) is 8.95. The molecule has 0 amide bonds. The van der Waals surface area contributed by atoms with Gasteiger partial charge in [-0.1, -0.05) is 20.8 Å². The lowest BCUT2D eigenvalue weighted by atomic mass is 9.76. The first-order chi connectivity index (χ1) is 5.64. The van der Waals surface area contributed by atoms with E-state index in [-0.39, 0.29) is 10.7 Å². The third kappa shape index (κ3) is 2.88. The van der Waals surface area contributed by atoms with Gasteiger partial charge in [0.15, 0.2) is 0 Å². The standard InChI is InChI=1S/C9H19NO2S/c1-5-6(8(2,3)13)9(4,10)7(11)12/h6,13H,5,10H2,1-4H3,(H,11,12). The average Bonchev–Trinajstić information content (AvgIpc) is 1.83. The van der Waals surface area contributed by atoms with Crippen molar-refractivity contribution in [2.75, 3.05) is 0 Å². The van der Waals surface area contributed by atoms with Crippen LogP contribution in [-0.4, -0.2) is 21.4 Å². The first-order valence-corrected chi connectivity index (χ1v) is 4.83. The van der Waals surface area contributed by atoms with Crippen molar-refractivity contribution in [2.24, 2.45) is 11.7 Å². The second kappa shape index (κ2) is 3.88. The van der Waals surface area contributed by atoms with E-state index in [0.29, 0.717) is 6.42 Å². The largest absolute Gasteiger partial charge is 0.480 e. The molecule has 78 valence electrons. The van der Waals surface area contributed by atoms with E-state index in [1.807, 2.05) is 20.8 Å². The highest BCUT2D eigenvalue weighted by Gasteiger charge is 2.43. The van der Waals surface area contributed by atoms with E-state index in [1.165, 1.54) is 0 Å². The smallest absolute Gasteiger partial charge is 0.323 e. The fraction of sp³-hybridized carbons (Fsp3) is 0.889. The second-order valence-corrected chi connectivity index (χ2v) is 5.35. The molecule has 0 aromatic rings. The van der Waals surface area contributed by atoms with Crippen LogP contribution in [-0.2, 0) is 4.79 Å². The third-order valence-corrected chi connectivity index (χ3v) is 2.76. The summed E-state index contributed by atoms with van der Waals surface area (Å²) in [5.74, 6) is -1.12. The van der Waals surface area contributed by atoms with E-state index in [2.05, 4.69) is 12.6 Å². The van der Waals surface area contributed by atoms with E-state index >= 15 is 0 Å². The molecule has 0 aliphatic rings. The van der Waals surface area contributed by atoms with Crippen LogP contribution in [0.25, 0.3) is 0 Å². The van der Waals surface area contributed by atoms with Crippen LogP contribution in [0.5, 0.6) is 0 Å². The van der Waals surface area contributed by atoms with Crippen LogP contribution in [0.15, 0.2) is 0 Å². The molecule has 0 aromatic carbocycles. The van der Waals surface area contributed by atoms with Gasteiger partial charge in [-0.2, -0.15) is 12.6 Å². The highest BCUT2D eigenvalue weighted by Crippen LogP contribution is 2.34. The number of thiol groups is 1. The molecule has 2 atom stereocenters. The zero-order chi connectivity index (χ0) is 10.9. The van der Waals surface area contributed by atoms with Gasteiger partial charge < -0.3 is 10.8 Å². The number of aliphatic carboxylic acids is 1. The number of rotatable bonds is 4. The van der Waals surface area contributed by atoms with Gasteiger partial charge in [-0.15, -0.1) is 0 Å². The predicted molar refractivity (Wildman–Crippen MR) is 57.1 cm³/mol. The number of carboxylic acids is 1. The van der Waals surface area contributed by atoms with E-state index in [4.69, 9.17) is 10.8 Å².